The highest BCUT2D eigenvalue weighted by Gasteiger charge is 2.14. The zero-order chi connectivity index (χ0) is 12.4. The summed E-state index contributed by atoms with van der Waals surface area (Å²) in [6.07, 6.45) is 5.73. The minimum absolute atomic E-state index is 0.0152. The minimum atomic E-state index is 0.0152. The van der Waals surface area contributed by atoms with E-state index in [0.717, 1.165) is 28.3 Å². The highest BCUT2D eigenvalue weighted by atomic mass is 35.5. The predicted octanol–water partition coefficient (Wildman–Crippen LogP) is 3.08. The number of nitrogens with two attached hydrogens (primary N) is 1. The van der Waals surface area contributed by atoms with Gasteiger partial charge in [0, 0.05) is 24.2 Å². The molecule has 0 amide bonds. The van der Waals surface area contributed by atoms with E-state index >= 15 is 0 Å². The second kappa shape index (κ2) is 5.21. The van der Waals surface area contributed by atoms with Gasteiger partial charge in [0.05, 0.1) is 11.2 Å². The maximum atomic E-state index is 6.20. The summed E-state index contributed by atoms with van der Waals surface area (Å²) < 4.78 is 1.81. The molecule has 92 valence electrons. The Kier molecular flexibility index (Phi) is 3.86. The van der Waals surface area contributed by atoms with Crippen LogP contribution >= 0.6 is 22.9 Å². The lowest BCUT2D eigenvalue weighted by Gasteiger charge is -2.09. The van der Waals surface area contributed by atoms with E-state index in [9.17, 15) is 0 Å². The van der Waals surface area contributed by atoms with Gasteiger partial charge in [-0.15, -0.1) is 11.3 Å². The largest absolute Gasteiger partial charge is 0.323 e. The van der Waals surface area contributed by atoms with Crippen LogP contribution in [0.3, 0.4) is 0 Å². The third-order valence-corrected chi connectivity index (χ3v) is 4.61. The minimum Gasteiger partial charge on any atom is -0.323 e. The molecule has 2 rings (SSSR count). The molecule has 3 nitrogen and oxygen atoms in total. The van der Waals surface area contributed by atoms with Crippen molar-refractivity contribution >= 4 is 22.9 Å². The highest BCUT2D eigenvalue weighted by Crippen LogP contribution is 2.33. The van der Waals surface area contributed by atoms with Crippen molar-refractivity contribution in [1.82, 2.24) is 9.78 Å². The number of hydrogen-bond donors (Lipinski definition) is 1. The lowest BCUT2D eigenvalue weighted by atomic mass is 10.1. The van der Waals surface area contributed by atoms with Gasteiger partial charge in [-0.1, -0.05) is 11.6 Å². The molecule has 0 bridgehead atoms. The number of hydrogen-bond acceptors (Lipinski definition) is 3. The van der Waals surface area contributed by atoms with Crippen molar-refractivity contribution in [2.75, 3.05) is 0 Å². The maximum Gasteiger partial charge on any atom is 0.0590 e. The summed E-state index contributed by atoms with van der Waals surface area (Å²) in [4.78, 5) is 1.09. The van der Waals surface area contributed by atoms with Crippen molar-refractivity contribution in [2.45, 2.75) is 25.8 Å². The molecule has 0 saturated carbocycles. The summed E-state index contributed by atoms with van der Waals surface area (Å²) in [6, 6.07) is 0.0152. The van der Waals surface area contributed by atoms with Crippen LogP contribution in [0, 0.1) is 6.92 Å². The lowest BCUT2D eigenvalue weighted by Crippen LogP contribution is -2.10. The predicted molar refractivity (Wildman–Crippen MR) is 72.5 cm³/mol. The summed E-state index contributed by atoms with van der Waals surface area (Å²) >= 11 is 7.85. The van der Waals surface area contributed by atoms with Crippen molar-refractivity contribution in [1.29, 1.82) is 0 Å². The maximum absolute atomic E-state index is 6.20. The first kappa shape index (κ1) is 12.6. The summed E-state index contributed by atoms with van der Waals surface area (Å²) in [5, 5.41) is 7.03. The molecular weight excluding hydrogens is 254 g/mol. The van der Waals surface area contributed by atoms with Gasteiger partial charge in [0.25, 0.3) is 0 Å². The first-order valence-corrected chi connectivity index (χ1v) is 6.80. The molecule has 0 aromatic carbocycles. The van der Waals surface area contributed by atoms with E-state index in [1.165, 1.54) is 5.56 Å². The third-order valence-electron chi connectivity index (χ3n) is 2.76. The Morgan fingerprint density at radius 2 is 2.35 bits per heavy atom. The van der Waals surface area contributed by atoms with Crippen molar-refractivity contribution in [3.63, 3.8) is 0 Å². The molecule has 2 heterocycles. The molecule has 0 aliphatic rings. The van der Waals surface area contributed by atoms with Crippen LogP contribution in [0.25, 0.3) is 0 Å². The van der Waals surface area contributed by atoms with Crippen LogP contribution in [0.2, 0.25) is 5.02 Å². The van der Waals surface area contributed by atoms with E-state index < -0.39 is 0 Å². The zero-order valence-electron chi connectivity index (χ0n) is 9.98. The quantitative estimate of drug-likeness (QED) is 0.927. The second-order valence-electron chi connectivity index (χ2n) is 4.26. The fraction of sp³-hybridized carbons (Fsp3) is 0.417. The van der Waals surface area contributed by atoms with Crippen LogP contribution in [0.5, 0.6) is 0 Å². The average Bonchev–Trinajstić information content (AvgIpc) is 2.84. The van der Waals surface area contributed by atoms with Crippen molar-refractivity contribution in [3.05, 3.63) is 38.8 Å². The Morgan fingerprint density at radius 3 is 2.88 bits per heavy atom. The average molecular weight is 270 g/mol. The molecular formula is C12H16ClN3S. The Hall–Kier alpha value is -0.840. The summed E-state index contributed by atoms with van der Waals surface area (Å²) in [5.74, 6) is 0. The van der Waals surface area contributed by atoms with E-state index in [4.69, 9.17) is 17.3 Å². The Bertz CT molecular complexity index is 504. The van der Waals surface area contributed by atoms with Crippen molar-refractivity contribution < 1.29 is 0 Å². The zero-order valence-corrected chi connectivity index (χ0v) is 11.6. The number of nitrogens with zero attached hydrogens (tertiary/aromatic N) is 2. The van der Waals surface area contributed by atoms with Gasteiger partial charge in [0.1, 0.15) is 0 Å². The molecule has 1 unspecified atom stereocenters. The molecule has 0 saturated heterocycles. The van der Waals surface area contributed by atoms with E-state index in [0.29, 0.717) is 0 Å². The van der Waals surface area contributed by atoms with E-state index in [2.05, 4.69) is 10.5 Å². The Balaban J connectivity index is 1.98. The number of thiophene rings is 1. The standard InChI is InChI=1S/C12H16ClN3S/c1-8-7-17-12(11(8)13)10(14)4-3-9-5-15-16(2)6-9/h5-7,10H,3-4,14H2,1-2H3. The molecule has 0 spiro atoms. The number of aryl methyl sites for hydroxylation is 3. The van der Waals surface area contributed by atoms with Gasteiger partial charge in [-0.2, -0.15) is 5.10 Å². The van der Waals surface area contributed by atoms with Crippen LogP contribution in [0.1, 0.15) is 28.5 Å². The molecule has 1 atom stereocenters. The normalized spacial score (nSPS) is 12.9. The van der Waals surface area contributed by atoms with Gasteiger partial charge >= 0.3 is 0 Å². The van der Waals surface area contributed by atoms with Gasteiger partial charge in [-0.05, 0) is 36.3 Å². The fourth-order valence-electron chi connectivity index (χ4n) is 1.75. The monoisotopic (exact) mass is 269 g/mol. The van der Waals surface area contributed by atoms with Crippen LogP contribution in [0.15, 0.2) is 17.8 Å². The van der Waals surface area contributed by atoms with Crippen LogP contribution in [0.4, 0.5) is 0 Å². The van der Waals surface area contributed by atoms with Crippen LogP contribution in [-0.2, 0) is 13.5 Å². The third kappa shape index (κ3) is 2.89. The van der Waals surface area contributed by atoms with E-state index in [1.54, 1.807) is 11.3 Å². The second-order valence-corrected chi connectivity index (χ2v) is 5.55. The van der Waals surface area contributed by atoms with Gasteiger partial charge in [0.2, 0.25) is 0 Å². The highest BCUT2D eigenvalue weighted by molar-refractivity contribution is 7.10. The molecule has 2 aromatic heterocycles. The van der Waals surface area contributed by atoms with Crippen molar-refractivity contribution in [3.8, 4) is 0 Å². The van der Waals surface area contributed by atoms with Crippen LogP contribution < -0.4 is 5.73 Å². The molecule has 0 aliphatic heterocycles. The smallest absolute Gasteiger partial charge is 0.0590 e. The molecule has 2 aromatic rings. The van der Waals surface area contributed by atoms with Gasteiger partial charge in [-0.25, -0.2) is 0 Å². The van der Waals surface area contributed by atoms with E-state index in [-0.39, 0.29) is 6.04 Å². The molecule has 0 fully saturated rings. The molecule has 0 aliphatic carbocycles. The van der Waals surface area contributed by atoms with Crippen molar-refractivity contribution in [2.24, 2.45) is 12.8 Å². The first-order valence-electron chi connectivity index (χ1n) is 5.54. The van der Waals surface area contributed by atoms with Crippen LogP contribution in [-0.4, -0.2) is 9.78 Å². The molecule has 0 radical (unpaired) electrons. The summed E-state index contributed by atoms with van der Waals surface area (Å²) in [7, 11) is 1.92. The topological polar surface area (TPSA) is 43.8 Å². The molecule has 5 heteroatoms. The summed E-state index contributed by atoms with van der Waals surface area (Å²) in [5.41, 5.74) is 8.49. The van der Waals surface area contributed by atoms with Gasteiger partial charge in [0.15, 0.2) is 0 Å². The Labute approximate surface area is 110 Å². The molecule has 2 N–H and O–H groups in total. The Morgan fingerprint density at radius 1 is 1.59 bits per heavy atom. The van der Waals surface area contributed by atoms with Gasteiger partial charge < -0.3 is 5.73 Å². The molecule has 17 heavy (non-hydrogen) atoms. The fourth-order valence-corrected chi connectivity index (χ4v) is 3.13. The number of halogens is 1. The number of aromatic nitrogens is 2. The van der Waals surface area contributed by atoms with E-state index in [1.807, 2.05) is 31.0 Å². The van der Waals surface area contributed by atoms with Gasteiger partial charge in [-0.3, -0.25) is 4.68 Å². The lowest BCUT2D eigenvalue weighted by molar-refractivity contribution is 0.661. The SMILES string of the molecule is Cc1csc(C(N)CCc2cnn(C)c2)c1Cl. The summed E-state index contributed by atoms with van der Waals surface area (Å²) in [6.45, 7) is 2.01. The number of rotatable bonds is 4. The first-order chi connectivity index (χ1) is 8.08.